The van der Waals surface area contributed by atoms with E-state index in [1.807, 2.05) is 0 Å². The van der Waals surface area contributed by atoms with E-state index in [1.54, 1.807) is 36.4 Å². The highest BCUT2D eigenvalue weighted by atomic mass is 16.2. The topological polar surface area (TPSA) is 179 Å². The number of ketones is 1. The van der Waals surface area contributed by atoms with Crippen molar-refractivity contribution >= 4 is 52.8 Å². The zero-order valence-electron chi connectivity index (χ0n) is 25.1. The lowest BCUT2D eigenvalue weighted by Crippen LogP contribution is -2.52. The number of hydrogen-bond acceptors (Lipinski definition) is 8. The third-order valence-corrected chi connectivity index (χ3v) is 8.92. The molecule has 0 bridgehead atoms. The van der Waals surface area contributed by atoms with Crippen LogP contribution in [-0.4, -0.2) is 69.0 Å². The minimum absolute atomic E-state index is 0.0227. The molecule has 2 saturated heterocycles. The second-order valence-electron chi connectivity index (χ2n) is 12.1. The Morgan fingerprint density at radius 2 is 1.26 bits per heavy atom. The van der Waals surface area contributed by atoms with Gasteiger partial charge < -0.3 is 15.1 Å². The van der Waals surface area contributed by atoms with Crippen LogP contribution in [0.1, 0.15) is 88.8 Å². The third kappa shape index (κ3) is 6.30. The average Bonchev–Trinajstić information content (AvgIpc) is 3.51. The highest BCUT2D eigenvalue weighted by Gasteiger charge is 2.40. The summed E-state index contributed by atoms with van der Waals surface area (Å²) in [5.74, 6) is -2.53. The molecule has 7 amide bonds. The molecule has 4 heterocycles. The first-order valence-electron chi connectivity index (χ1n) is 15.4. The molecule has 0 aromatic heterocycles. The highest BCUT2D eigenvalue weighted by Crippen LogP contribution is 2.30. The Morgan fingerprint density at radius 1 is 0.717 bits per heavy atom. The molecule has 238 valence electrons. The molecular weight excluding hydrogens is 594 g/mol. The Kier molecular flexibility index (Phi) is 8.48. The van der Waals surface area contributed by atoms with Gasteiger partial charge in [-0.25, -0.2) is 0 Å². The molecule has 2 unspecified atom stereocenters. The van der Waals surface area contributed by atoms with Gasteiger partial charge in [-0.3, -0.25) is 49.0 Å². The van der Waals surface area contributed by atoms with Gasteiger partial charge >= 0.3 is 0 Å². The molecule has 13 nitrogen and oxygen atoms in total. The maximum absolute atomic E-state index is 13.0. The van der Waals surface area contributed by atoms with Crippen LogP contribution in [0.2, 0.25) is 0 Å². The van der Waals surface area contributed by atoms with Gasteiger partial charge in [0.05, 0.1) is 0 Å². The van der Waals surface area contributed by atoms with Crippen LogP contribution in [0.4, 0.5) is 5.69 Å². The van der Waals surface area contributed by atoms with E-state index in [-0.39, 0.29) is 93.4 Å². The first-order valence-corrected chi connectivity index (χ1v) is 15.4. The van der Waals surface area contributed by atoms with Crippen LogP contribution in [-0.2, 0) is 48.3 Å². The van der Waals surface area contributed by atoms with Gasteiger partial charge in [0.15, 0.2) is 0 Å². The minimum atomic E-state index is -0.709. The van der Waals surface area contributed by atoms with Crippen molar-refractivity contribution in [1.82, 2.24) is 20.4 Å². The molecule has 4 aliphatic heterocycles. The number of nitrogens with zero attached hydrogens (tertiary/aromatic N) is 2. The van der Waals surface area contributed by atoms with E-state index in [9.17, 15) is 38.4 Å². The Labute approximate surface area is 264 Å². The standard InChI is InChI=1S/C33H33N5O8/c39-22(13-18-5-6-19-16-37(32(45)23(19)14-18)25-9-11-28(41)35-30(25)43)3-1-2-4-27(40)34-21-8-7-20-17-38(33(46)24(20)15-21)26-10-12-29(42)36-31(26)44/h5-8,14-15,25-26H,1-4,9-13,16-17H2,(H,34,40)(H,35,41,43)(H,36,42,44). The van der Waals surface area contributed by atoms with Crippen LogP contribution < -0.4 is 16.0 Å². The summed E-state index contributed by atoms with van der Waals surface area (Å²) in [6, 6.07) is 8.93. The number of rotatable bonds is 10. The molecular formula is C33H33N5O8. The van der Waals surface area contributed by atoms with Gasteiger partial charge in [0.1, 0.15) is 17.9 Å². The number of Topliss-reactive ketones (excluding diaryl/α,β-unsaturated/α-hetero) is 1. The Hall–Kier alpha value is -5.20. The fraction of sp³-hybridized carbons (Fsp3) is 0.394. The molecule has 0 radical (unpaired) electrons. The maximum Gasteiger partial charge on any atom is 0.255 e. The summed E-state index contributed by atoms with van der Waals surface area (Å²) in [6.07, 6.45) is 2.49. The van der Waals surface area contributed by atoms with Crippen molar-refractivity contribution in [2.45, 2.75) is 83.0 Å². The van der Waals surface area contributed by atoms with Crippen molar-refractivity contribution in [3.05, 3.63) is 64.2 Å². The summed E-state index contributed by atoms with van der Waals surface area (Å²) in [5.41, 5.74) is 3.54. The molecule has 0 spiro atoms. The van der Waals surface area contributed by atoms with E-state index >= 15 is 0 Å². The van der Waals surface area contributed by atoms with Crippen LogP contribution in [0.3, 0.4) is 0 Å². The molecule has 4 aliphatic rings. The van der Waals surface area contributed by atoms with Crippen LogP contribution in [0.25, 0.3) is 0 Å². The summed E-state index contributed by atoms with van der Waals surface area (Å²) in [6.45, 7) is 0.532. The zero-order chi connectivity index (χ0) is 32.5. The molecule has 2 fully saturated rings. The van der Waals surface area contributed by atoms with Gasteiger partial charge in [-0.15, -0.1) is 0 Å². The number of carbonyl (C=O) groups excluding carboxylic acids is 8. The van der Waals surface area contributed by atoms with Crippen molar-refractivity contribution in [1.29, 1.82) is 0 Å². The van der Waals surface area contributed by atoms with Gasteiger partial charge in [0.2, 0.25) is 29.5 Å². The number of nitrogens with one attached hydrogen (secondary N) is 3. The van der Waals surface area contributed by atoms with Gasteiger partial charge in [0.25, 0.3) is 11.8 Å². The molecule has 3 N–H and O–H groups in total. The van der Waals surface area contributed by atoms with Crippen molar-refractivity contribution in [3.8, 4) is 0 Å². The number of anilines is 1. The summed E-state index contributed by atoms with van der Waals surface area (Å²) in [5, 5.41) is 7.35. The first kappa shape index (κ1) is 30.8. The van der Waals surface area contributed by atoms with Crippen molar-refractivity contribution in [2.75, 3.05) is 5.32 Å². The van der Waals surface area contributed by atoms with Crippen LogP contribution in [0.5, 0.6) is 0 Å². The monoisotopic (exact) mass is 627 g/mol. The second kappa shape index (κ2) is 12.7. The summed E-state index contributed by atoms with van der Waals surface area (Å²) in [7, 11) is 0. The van der Waals surface area contributed by atoms with Crippen molar-refractivity contribution < 1.29 is 38.4 Å². The fourth-order valence-electron chi connectivity index (χ4n) is 6.49. The van der Waals surface area contributed by atoms with Crippen molar-refractivity contribution in [3.63, 3.8) is 0 Å². The van der Waals surface area contributed by atoms with Gasteiger partial charge in [-0.2, -0.15) is 0 Å². The average molecular weight is 628 g/mol. The van der Waals surface area contributed by atoms with Gasteiger partial charge in [-0.1, -0.05) is 18.2 Å². The number of carbonyl (C=O) groups is 8. The number of hydrogen-bond donors (Lipinski definition) is 3. The maximum atomic E-state index is 13.0. The van der Waals surface area contributed by atoms with E-state index < -0.39 is 23.9 Å². The van der Waals surface area contributed by atoms with Crippen LogP contribution in [0.15, 0.2) is 36.4 Å². The highest BCUT2D eigenvalue weighted by molar-refractivity contribution is 6.07. The number of imide groups is 2. The molecule has 2 aromatic rings. The number of fused-ring (bicyclic) bond motifs is 2. The van der Waals surface area contributed by atoms with E-state index in [4.69, 9.17) is 0 Å². The lowest BCUT2D eigenvalue weighted by Gasteiger charge is -2.29. The lowest BCUT2D eigenvalue weighted by molar-refractivity contribution is -0.138. The molecule has 2 atom stereocenters. The van der Waals surface area contributed by atoms with Gasteiger partial charge in [0, 0.05) is 62.0 Å². The number of amides is 7. The van der Waals surface area contributed by atoms with E-state index in [1.165, 1.54) is 9.80 Å². The van der Waals surface area contributed by atoms with Gasteiger partial charge in [-0.05, 0) is 60.6 Å². The van der Waals surface area contributed by atoms with E-state index in [0.717, 1.165) is 11.1 Å². The molecule has 0 saturated carbocycles. The fourth-order valence-corrected chi connectivity index (χ4v) is 6.49. The molecule has 0 aliphatic carbocycles. The number of piperidine rings is 2. The number of benzene rings is 2. The zero-order valence-corrected chi connectivity index (χ0v) is 25.1. The molecule has 46 heavy (non-hydrogen) atoms. The number of unbranched alkanes of at least 4 members (excludes halogenated alkanes) is 1. The molecule has 6 rings (SSSR count). The Morgan fingerprint density at radius 3 is 1.85 bits per heavy atom. The quantitative estimate of drug-likeness (QED) is 0.262. The predicted octanol–water partition coefficient (Wildman–Crippen LogP) is 1.52. The Bertz CT molecular complexity index is 1580. The third-order valence-electron chi connectivity index (χ3n) is 8.92. The normalized spacial score (nSPS) is 20.8. The summed E-state index contributed by atoms with van der Waals surface area (Å²) in [4.78, 5) is 102. The molecule has 13 heteroatoms. The summed E-state index contributed by atoms with van der Waals surface area (Å²) < 4.78 is 0. The minimum Gasteiger partial charge on any atom is -0.326 e. The van der Waals surface area contributed by atoms with Crippen LogP contribution in [0, 0.1) is 0 Å². The largest absolute Gasteiger partial charge is 0.326 e. The van der Waals surface area contributed by atoms with E-state index in [0.29, 0.717) is 35.2 Å². The predicted molar refractivity (Wildman–Crippen MR) is 161 cm³/mol. The van der Waals surface area contributed by atoms with Crippen molar-refractivity contribution in [2.24, 2.45) is 0 Å². The first-order chi connectivity index (χ1) is 22.1. The molecule has 2 aromatic carbocycles. The second-order valence-corrected chi connectivity index (χ2v) is 12.1. The summed E-state index contributed by atoms with van der Waals surface area (Å²) >= 11 is 0. The van der Waals surface area contributed by atoms with E-state index in [2.05, 4.69) is 16.0 Å². The van der Waals surface area contributed by atoms with Crippen LogP contribution >= 0.6 is 0 Å². The smallest absolute Gasteiger partial charge is 0.255 e. The SMILES string of the molecule is O=C(CCCCC(=O)Nc1ccc2c(c1)C(=O)N(C1CCC(=O)NC1=O)C2)Cc1ccc2c(c1)C(=O)N(C1CCC(=O)NC1=O)C2. The lowest BCUT2D eigenvalue weighted by atomic mass is 10.00. The Balaban J connectivity index is 0.942.